The Morgan fingerprint density at radius 3 is 2.47 bits per heavy atom. The average Bonchev–Trinajstić information content (AvgIpc) is 2.85. The minimum Gasteiger partial charge on any atom is -0.456 e. The quantitative estimate of drug-likeness (QED) is 0.433. The zero-order valence-corrected chi connectivity index (χ0v) is 19.1. The first-order valence-corrected chi connectivity index (χ1v) is 11.4. The predicted molar refractivity (Wildman–Crippen MR) is 132 cm³/mol. The van der Waals surface area contributed by atoms with Crippen molar-refractivity contribution >= 4 is 28.5 Å². The van der Waals surface area contributed by atoms with E-state index < -0.39 is 0 Å². The number of nitrogens with one attached hydrogen (secondary N) is 1. The largest absolute Gasteiger partial charge is 0.456 e. The molecule has 0 amide bonds. The second-order valence-corrected chi connectivity index (χ2v) is 8.17. The van der Waals surface area contributed by atoms with Gasteiger partial charge < -0.3 is 20.1 Å². The zero-order valence-electron chi connectivity index (χ0n) is 19.1. The van der Waals surface area contributed by atoms with Gasteiger partial charge >= 0.3 is 0 Å². The maximum atomic E-state index is 9.13. The van der Waals surface area contributed by atoms with E-state index in [1.165, 1.54) is 5.39 Å². The van der Waals surface area contributed by atoms with Crippen molar-refractivity contribution in [3.05, 3.63) is 66.6 Å². The summed E-state index contributed by atoms with van der Waals surface area (Å²) in [6, 6.07) is 17.9. The molecule has 2 aromatic carbocycles. The molecule has 0 atom stereocenters. The average molecular weight is 458 g/mol. The first-order valence-electron chi connectivity index (χ1n) is 11.4. The van der Waals surface area contributed by atoms with Gasteiger partial charge in [0.1, 0.15) is 23.1 Å². The van der Waals surface area contributed by atoms with E-state index in [1.807, 2.05) is 49.4 Å². The van der Waals surface area contributed by atoms with E-state index in [0.717, 1.165) is 37.3 Å². The number of nitrogens with zero attached hydrogens (tertiary/aromatic N) is 6. The summed E-state index contributed by atoms with van der Waals surface area (Å²) in [5, 5.41) is 14.6. The summed E-state index contributed by atoms with van der Waals surface area (Å²) in [6.07, 6.45) is 1.67. The summed E-state index contributed by atoms with van der Waals surface area (Å²) < 4.78 is 5.98. The Bertz CT molecular complexity index is 1260. The summed E-state index contributed by atoms with van der Waals surface area (Å²) in [4.78, 5) is 22.3. The molecule has 1 fully saturated rings. The normalized spacial score (nSPS) is 14.4. The van der Waals surface area contributed by atoms with Crippen LogP contribution < -0.4 is 15.0 Å². The smallest absolute Gasteiger partial charge is 0.233 e. The topological polar surface area (TPSA) is 99.5 Å². The minimum absolute atomic E-state index is 0.179. The summed E-state index contributed by atoms with van der Waals surface area (Å²) in [6.45, 7) is 6.08. The number of piperazine rings is 1. The van der Waals surface area contributed by atoms with Gasteiger partial charge in [-0.1, -0.05) is 30.3 Å². The van der Waals surface area contributed by atoms with Gasteiger partial charge in [0.15, 0.2) is 0 Å². The molecule has 1 saturated heterocycles. The van der Waals surface area contributed by atoms with E-state index in [4.69, 9.17) is 9.84 Å². The molecule has 0 saturated carbocycles. The maximum absolute atomic E-state index is 9.13. The summed E-state index contributed by atoms with van der Waals surface area (Å²) in [5.41, 5.74) is 0. The monoisotopic (exact) mass is 457 g/mol. The Hall–Kier alpha value is -3.82. The van der Waals surface area contributed by atoms with Crippen LogP contribution >= 0.6 is 0 Å². The minimum atomic E-state index is 0.179. The maximum Gasteiger partial charge on any atom is 0.233 e. The van der Waals surface area contributed by atoms with Crippen molar-refractivity contribution in [2.45, 2.75) is 6.92 Å². The van der Waals surface area contributed by atoms with Crippen molar-refractivity contribution in [2.75, 3.05) is 49.5 Å². The molecule has 34 heavy (non-hydrogen) atoms. The number of aryl methyl sites for hydroxylation is 1. The van der Waals surface area contributed by atoms with Crippen molar-refractivity contribution in [3.8, 4) is 11.5 Å². The number of aliphatic hydroxyl groups is 1. The van der Waals surface area contributed by atoms with Gasteiger partial charge in [-0.2, -0.15) is 15.0 Å². The molecule has 5 rings (SSSR count). The van der Waals surface area contributed by atoms with Gasteiger partial charge in [0.05, 0.1) is 12.8 Å². The third-order valence-electron chi connectivity index (χ3n) is 5.74. The molecule has 2 N–H and O–H groups in total. The Labute approximate surface area is 198 Å². The molecule has 9 nitrogen and oxygen atoms in total. The van der Waals surface area contributed by atoms with E-state index in [-0.39, 0.29) is 6.61 Å². The Morgan fingerprint density at radius 1 is 0.912 bits per heavy atom. The highest BCUT2D eigenvalue weighted by Crippen LogP contribution is 2.26. The molecular weight excluding hydrogens is 430 g/mol. The Kier molecular flexibility index (Phi) is 6.46. The van der Waals surface area contributed by atoms with Gasteiger partial charge in [-0.05, 0) is 42.0 Å². The van der Waals surface area contributed by atoms with Crippen LogP contribution in [0.2, 0.25) is 0 Å². The van der Waals surface area contributed by atoms with Crippen LogP contribution in [0.15, 0.2) is 60.8 Å². The molecule has 0 unspecified atom stereocenters. The van der Waals surface area contributed by atoms with Crippen LogP contribution in [0, 0.1) is 6.92 Å². The molecule has 0 aliphatic carbocycles. The van der Waals surface area contributed by atoms with Gasteiger partial charge in [-0.15, -0.1) is 0 Å². The number of aromatic nitrogens is 4. The van der Waals surface area contributed by atoms with Crippen LogP contribution in [0.1, 0.15) is 5.82 Å². The molecular formula is C25H27N7O2. The lowest BCUT2D eigenvalue weighted by Crippen LogP contribution is -2.47. The fraction of sp³-hybridized carbons (Fsp3) is 0.280. The van der Waals surface area contributed by atoms with E-state index in [2.05, 4.69) is 47.2 Å². The van der Waals surface area contributed by atoms with Crippen molar-refractivity contribution < 1.29 is 9.84 Å². The number of anilines is 3. The number of hydrogen-bond acceptors (Lipinski definition) is 9. The van der Waals surface area contributed by atoms with Gasteiger partial charge in [0, 0.05) is 32.7 Å². The van der Waals surface area contributed by atoms with Crippen LogP contribution in [0.3, 0.4) is 0 Å². The van der Waals surface area contributed by atoms with Crippen LogP contribution in [-0.2, 0) is 0 Å². The fourth-order valence-corrected chi connectivity index (χ4v) is 3.97. The number of aliphatic hydroxyl groups excluding tert-OH is 1. The van der Waals surface area contributed by atoms with Gasteiger partial charge in [-0.3, -0.25) is 4.90 Å². The molecule has 4 aromatic rings. The first kappa shape index (κ1) is 22.0. The molecule has 1 aliphatic heterocycles. The lowest BCUT2D eigenvalue weighted by molar-refractivity contribution is 0.188. The lowest BCUT2D eigenvalue weighted by Gasteiger charge is -2.34. The fourth-order valence-electron chi connectivity index (χ4n) is 3.97. The standard InChI is InChI=1S/C25H27N7O2/c1-18-27-24(30-25(28-18)32-12-10-31(11-13-32)14-15-33)29-23-9-8-22(17-26-23)34-21-7-6-19-4-2-3-5-20(19)16-21/h2-9,16-17,33H,10-15H2,1H3,(H,26,27,28,29,30). The number of fused-ring (bicyclic) bond motifs is 1. The SMILES string of the molecule is Cc1nc(Nc2ccc(Oc3ccc4ccccc4c3)cn2)nc(N2CCN(CCO)CC2)n1. The Morgan fingerprint density at radius 2 is 1.71 bits per heavy atom. The highest BCUT2D eigenvalue weighted by molar-refractivity contribution is 5.83. The summed E-state index contributed by atoms with van der Waals surface area (Å²) >= 11 is 0. The zero-order chi connectivity index (χ0) is 23.3. The highest BCUT2D eigenvalue weighted by Gasteiger charge is 2.19. The molecule has 9 heteroatoms. The number of benzene rings is 2. The van der Waals surface area contributed by atoms with Crippen LogP contribution in [0.25, 0.3) is 10.8 Å². The van der Waals surface area contributed by atoms with Crippen molar-refractivity contribution in [1.82, 2.24) is 24.8 Å². The Balaban J connectivity index is 1.24. The summed E-state index contributed by atoms with van der Waals surface area (Å²) in [5.74, 6) is 3.77. The van der Waals surface area contributed by atoms with Gasteiger partial charge in [0.2, 0.25) is 11.9 Å². The molecule has 0 spiro atoms. The summed E-state index contributed by atoms with van der Waals surface area (Å²) in [7, 11) is 0. The van der Waals surface area contributed by atoms with E-state index >= 15 is 0 Å². The van der Waals surface area contributed by atoms with Crippen molar-refractivity contribution in [1.29, 1.82) is 0 Å². The molecule has 3 heterocycles. The number of β-amino-alcohol motifs (C(OH)–C–C–N with tert-alkyl or cyclic N) is 1. The predicted octanol–water partition coefficient (Wildman–Crippen LogP) is 3.38. The third-order valence-corrected chi connectivity index (χ3v) is 5.74. The van der Waals surface area contributed by atoms with E-state index in [1.54, 1.807) is 6.20 Å². The van der Waals surface area contributed by atoms with E-state index in [9.17, 15) is 0 Å². The van der Waals surface area contributed by atoms with Crippen LogP contribution in [0.5, 0.6) is 11.5 Å². The lowest BCUT2D eigenvalue weighted by atomic mass is 10.1. The molecule has 174 valence electrons. The van der Waals surface area contributed by atoms with Crippen molar-refractivity contribution in [2.24, 2.45) is 0 Å². The first-order chi connectivity index (χ1) is 16.7. The van der Waals surface area contributed by atoms with Gasteiger partial charge in [0.25, 0.3) is 0 Å². The highest BCUT2D eigenvalue weighted by atomic mass is 16.5. The second kappa shape index (κ2) is 9.98. The number of hydrogen-bond donors (Lipinski definition) is 2. The van der Waals surface area contributed by atoms with E-state index in [0.29, 0.717) is 35.8 Å². The number of pyridine rings is 1. The molecule has 0 bridgehead atoms. The molecule has 0 radical (unpaired) electrons. The molecule has 2 aromatic heterocycles. The van der Waals surface area contributed by atoms with Crippen LogP contribution in [-0.4, -0.2) is 69.3 Å². The molecule has 1 aliphatic rings. The second-order valence-electron chi connectivity index (χ2n) is 8.17. The third kappa shape index (κ3) is 5.22. The van der Waals surface area contributed by atoms with Gasteiger partial charge in [-0.25, -0.2) is 4.98 Å². The number of ether oxygens (including phenoxy) is 1. The number of rotatable bonds is 7. The van der Waals surface area contributed by atoms with Crippen molar-refractivity contribution in [3.63, 3.8) is 0 Å². The van der Waals surface area contributed by atoms with Crippen LogP contribution in [0.4, 0.5) is 17.7 Å².